The van der Waals surface area contributed by atoms with Crippen molar-refractivity contribution in [3.63, 3.8) is 0 Å². The smallest absolute Gasteiger partial charge is 0.352 e. The summed E-state index contributed by atoms with van der Waals surface area (Å²) < 4.78 is 0. The number of carboxylic acid groups (broad SMARTS) is 1. The van der Waals surface area contributed by atoms with Crippen LogP contribution in [0.4, 0.5) is 0 Å². The maximum absolute atomic E-state index is 12.1. The van der Waals surface area contributed by atoms with E-state index in [0.717, 1.165) is 25.7 Å². The Balaban J connectivity index is 2.60. The van der Waals surface area contributed by atoms with Gasteiger partial charge in [0.2, 0.25) is 5.91 Å². The van der Waals surface area contributed by atoms with Crippen molar-refractivity contribution in [3.05, 3.63) is 11.8 Å². The van der Waals surface area contributed by atoms with Gasteiger partial charge in [-0.2, -0.15) is 0 Å². The topological polar surface area (TPSA) is 66.4 Å². The number of carboxylic acids is 1. The lowest BCUT2D eigenvalue weighted by Gasteiger charge is -2.15. The molecule has 1 saturated carbocycles. The lowest BCUT2D eigenvalue weighted by molar-refractivity contribution is -0.135. The van der Waals surface area contributed by atoms with Crippen LogP contribution in [0.5, 0.6) is 0 Å². The Bertz CT molecular complexity index is 398. The number of hydrogen-bond donors (Lipinski definition) is 2. The second-order valence-electron chi connectivity index (χ2n) is 6.27. The van der Waals surface area contributed by atoms with Crippen LogP contribution < -0.4 is 5.32 Å². The van der Waals surface area contributed by atoms with Gasteiger partial charge in [-0.05, 0) is 24.7 Å². The SMILES string of the molecule is CCCCC/C=C(\NC(=O)[C@@]1(C)CC1(C)C)C(=O)O. The third-order valence-corrected chi connectivity index (χ3v) is 4.30. The molecule has 2 N–H and O–H groups in total. The Kier molecular flexibility index (Phi) is 4.77. The molecular formula is C15H25NO3. The fourth-order valence-corrected chi connectivity index (χ4v) is 2.32. The highest BCUT2D eigenvalue weighted by Crippen LogP contribution is 2.63. The molecular weight excluding hydrogens is 242 g/mol. The van der Waals surface area contributed by atoms with Crippen LogP contribution in [-0.2, 0) is 9.59 Å². The van der Waals surface area contributed by atoms with Gasteiger partial charge in [-0.1, -0.05) is 46.6 Å². The van der Waals surface area contributed by atoms with Gasteiger partial charge in [0.05, 0.1) is 5.41 Å². The van der Waals surface area contributed by atoms with Gasteiger partial charge in [0, 0.05) is 0 Å². The molecule has 108 valence electrons. The molecule has 1 aliphatic rings. The summed E-state index contributed by atoms with van der Waals surface area (Å²) in [7, 11) is 0. The van der Waals surface area contributed by atoms with Crippen molar-refractivity contribution in [3.8, 4) is 0 Å². The van der Waals surface area contributed by atoms with Gasteiger partial charge in [0.1, 0.15) is 5.70 Å². The van der Waals surface area contributed by atoms with Crippen LogP contribution in [0.2, 0.25) is 0 Å². The molecule has 0 radical (unpaired) electrons. The molecule has 0 aromatic heterocycles. The average molecular weight is 267 g/mol. The molecule has 4 heteroatoms. The Morgan fingerprint density at radius 3 is 2.26 bits per heavy atom. The van der Waals surface area contributed by atoms with Crippen LogP contribution in [0.25, 0.3) is 0 Å². The van der Waals surface area contributed by atoms with E-state index >= 15 is 0 Å². The molecule has 1 fully saturated rings. The largest absolute Gasteiger partial charge is 0.477 e. The first-order valence-electron chi connectivity index (χ1n) is 6.99. The van der Waals surface area contributed by atoms with E-state index in [-0.39, 0.29) is 17.0 Å². The maximum Gasteiger partial charge on any atom is 0.352 e. The predicted octanol–water partition coefficient (Wildman–Crippen LogP) is 3.09. The molecule has 1 atom stereocenters. The molecule has 0 aromatic rings. The van der Waals surface area contributed by atoms with E-state index in [9.17, 15) is 9.59 Å². The van der Waals surface area contributed by atoms with Gasteiger partial charge < -0.3 is 10.4 Å². The van der Waals surface area contributed by atoms with Crippen LogP contribution in [-0.4, -0.2) is 17.0 Å². The van der Waals surface area contributed by atoms with Crippen molar-refractivity contribution in [2.24, 2.45) is 10.8 Å². The van der Waals surface area contributed by atoms with Crippen LogP contribution in [0.1, 0.15) is 59.8 Å². The number of unbranched alkanes of at least 4 members (excludes halogenated alkanes) is 3. The second-order valence-corrected chi connectivity index (χ2v) is 6.27. The van der Waals surface area contributed by atoms with Gasteiger partial charge in [0.25, 0.3) is 0 Å². The van der Waals surface area contributed by atoms with Gasteiger partial charge in [-0.25, -0.2) is 4.79 Å². The zero-order chi connectivity index (χ0) is 14.7. The van der Waals surface area contributed by atoms with E-state index in [1.807, 2.05) is 20.8 Å². The summed E-state index contributed by atoms with van der Waals surface area (Å²) in [5.74, 6) is -1.24. The highest BCUT2D eigenvalue weighted by Gasteiger charge is 2.62. The van der Waals surface area contributed by atoms with E-state index in [0.29, 0.717) is 6.42 Å². The van der Waals surface area contributed by atoms with Crippen molar-refractivity contribution in [1.29, 1.82) is 0 Å². The lowest BCUT2D eigenvalue weighted by atomic mass is 9.97. The van der Waals surface area contributed by atoms with Gasteiger partial charge >= 0.3 is 5.97 Å². The number of hydrogen-bond acceptors (Lipinski definition) is 2. The summed E-state index contributed by atoms with van der Waals surface area (Å²) >= 11 is 0. The van der Waals surface area contributed by atoms with Crippen molar-refractivity contribution in [1.82, 2.24) is 5.32 Å². The van der Waals surface area contributed by atoms with E-state index in [1.165, 1.54) is 0 Å². The second kappa shape index (κ2) is 5.76. The summed E-state index contributed by atoms with van der Waals surface area (Å²) in [6.45, 7) is 8.04. The molecule has 4 nitrogen and oxygen atoms in total. The number of carbonyl (C=O) groups excluding carboxylic acids is 1. The third-order valence-electron chi connectivity index (χ3n) is 4.30. The quantitative estimate of drug-likeness (QED) is 0.550. The van der Waals surface area contributed by atoms with E-state index in [4.69, 9.17) is 5.11 Å². The number of allylic oxidation sites excluding steroid dienone is 1. The standard InChI is InChI=1S/C15H25NO3/c1-5-6-7-8-9-11(12(17)18)16-13(19)15(4)10-14(15,2)3/h9H,5-8,10H2,1-4H3,(H,16,19)(H,17,18)/b11-9-/t15-/m1/s1. The van der Waals surface area contributed by atoms with Crippen LogP contribution in [0.3, 0.4) is 0 Å². The fourth-order valence-electron chi connectivity index (χ4n) is 2.32. The number of amides is 1. The van der Waals surface area contributed by atoms with Crippen LogP contribution in [0.15, 0.2) is 11.8 Å². The van der Waals surface area contributed by atoms with Gasteiger partial charge in [0.15, 0.2) is 0 Å². The molecule has 0 spiro atoms. The van der Waals surface area contributed by atoms with Crippen LogP contribution >= 0.6 is 0 Å². The van der Waals surface area contributed by atoms with Crippen molar-refractivity contribution < 1.29 is 14.7 Å². The molecule has 19 heavy (non-hydrogen) atoms. The van der Waals surface area contributed by atoms with E-state index in [2.05, 4.69) is 12.2 Å². The summed E-state index contributed by atoms with van der Waals surface area (Å²) in [6, 6.07) is 0. The summed E-state index contributed by atoms with van der Waals surface area (Å²) in [5.41, 5.74) is -0.460. The number of carbonyl (C=O) groups is 2. The fraction of sp³-hybridized carbons (Fsp3) is 0.733. The molecule has 0 aromatic carbocycles. The summed E-state index contributed by atoms with van der Waals surface area (Å²) in [5, 5.41) is 11.7. The third kappa shape index (κ3) is 3.58. The average Bonchev–Trinajstić information content (AvgIpc) is 2.83. The number of aliphatic carboxylic acids is 1. The minimum absolute atomic E-state index is 0.0185. The monoisotopic (exact) mass is 267 g/mol. The number of rotatable bonds is 7. The first-order valence-corrected chi connectivity index (χ1v) is 6.99. The Hall–Kier alpha value is -1.32. The van der Waals surface area contributed by atoms with Gasteiger partial charge in [-0.3, -0.25) is 4.79 Å². The van der Waals surface area contributed by atoms with Crippen molar-refractivity contribution in [2.45, 2.75) is 59.8 Å². The molecule has 0 heterocycles. The first-order chi connectivity index (χ1) is 8.74. The van der Waals surface area contributed by atoms with Crippen LogP contribution in [0, 0.1) is 10.8 Å². The van der Waals surface area contributed by atoms with Crippen molar-refractivity contribution >= 4 is 11.9 Å². The lowest BCUT2D eigenvalue weighted by Crippen LogP contribution is -2.34. The predicted molar refractivity (Wildman–Crippen MR) is 74.5 cm³/mol. The Morgan fingerprint density at radius 2 is 1.84 bits per heavy atom. The minimum atomic E-state index is -1.06. The maximum atomic E-state index is 12.1. The zero-order valence-corrected chi connectivity index (χ0v) is 12.4. The van der Waals surface area contributed by atoms with Gasteiger partial charge in [-0.15, -0.1) is 0 Å². The van der Waals surface area contributed by atoms with E-state index < -0.39 is 11.4 Å². The minimum Gasteiger partial charge on any atom is -0.477 e. The molecule has 1 rings (SSSR count). The summed E-state index contributed by atoms with van der Waals surface area (Å²) in [6.07, 6.45) is 6.22. The van der Waals surface area contributed by atoms with E-state index in [1.54, 1.807) is 6.08 Å². The Labute approximate surface area is 115 Å². The number of nitrogens with one attached hydrogen (secondary N) is 1. The normalized spacial score (nSPS) is 24.9. The molecule has 0 aliphatic heterocycles. The molecule has 1 aliphatic carbocycles. The highest BCUT2D eigenvalue weighted by molar-refractivity contribution is 5.96. The molecule has 1 amide bonds. The van der Waals surface area contributed by atoms with Crippen molar-refractivity contribution in [2.75, 3.05) is 0 Å². The molecule has 0 saturated heterocycles. The summed E-state index contributed by atoms with van der Waals surface area (Å²) in [4.78, 5) is 23.3. The Morgan fingerprint density at radius 1 is 1.26 bits per heavy atom. The first kappa shape index (κ1) is 15.7. The molecule has 0 bridgehead atoms. The zero-order valence-electron chi connectivity index (χ0n) is 12.4. The molecule has 0 unspecified atom stereocenters. The highest BCUT2D eigenvalue weighted by atomic mass is 16.4.